The van der Waals surface area contributed by atoms with Gasteiger partial charge in [0, 0.05) is 31.9 Å². The van der Waals surface area contributed by atoms with Gasteiger partial charge in [-0.25, -0.2) is 17.5 Å². The number of sulfonamides is 1. The van der Waals surface area contributed by atoms with E-state index >= 15 is 0 Å². The quantitative estimate of drug-likeness (QED) is 0.605. The Bertz CT molecular complexity index is 1170. The Balaban J connectivity index is 1.55. The second kappa shape index (κ2) is 8.32. The van der Waals surface area contributed by atoms with E-state index in [4.69, 9.17) is 4.74 Å². The Hall–Kier alpha value is -2.91. The number of halogens is 1. The maximum atomic E-state index is 13.4. The fourth-order valence-corrected chi connectivity index (χ4v) is 5.72. The summed E-state index contributed by atoms with van der Waals surface area (Å²) in [4.78, 5) is 2.38. The molecule has 4 rings (SSSR count). The van der Waals surface area contributed by atoms with E-state index in [0.29, 0.717) is 43.3 Å². The zero-order chi connectivity index (χ0) is 22.2. The molecule has 1 fully saturated rings. The van der Waals surface area contributed by atoms with Crippen LogP contribution < -0.4 is 9.64 Å². The molecule has 0 saturated carbocycles. The van der Waals surface area contributed by atoms with E-state index in [1.165, 1.54) is 16.4 Å². The number of piperazine rings is 1. The topological polar surface area (TPSA) is 67.7 Å². The van der Waals surface area contributed by atoms with Gasteiger partial charge >= 0.3 is 0 Å². The van der Waals surface area contributed by atoms with E-state index in [1.807, 2.05) is 24.3 Å². The molecule has 0 atom stereocenters. The molecular weight excluding hydrogens is 419 g/mol. The summed E-state index contributed by atoms with van der Waals surface area (Å²) in [5, 5.41) is 4.42. The number of rotatable bonds is 5. The van der Waals surface area contributed by atoms with Crippen LogP contribution in [0.3, 0.4) is 0 Å². The molecule has 3 aromatic rings. The minimum Gasteiger partial charge on any atom is -0.497 e. The number of hydrogen-bond donors (Lipinski definition) is 0. The number of nitrogens with zero attached hydrogens (tertiary/aromatic N) is 4. The van der Waals surface area contributed by atoms with Crippen molar-refractivity contribution in [2.75, 3.05) is 38.2 Å². The highest BCUT2D eigenvalue weighted by atomic mass is 32.2. The van der Waals surface area contributed by atoms with Gasteiger partial charge in [0.2, 0.25) is 10.0 Å². The number of hydrogen-bond acceptors (Lipinski definition) is 5. The van der Waals surface area contributed by atoms with Gasteiger partial charge in [0.05, 0.1) is 24.2 Å². The molecule has 0 amide bonds. The van der Waals surface area contributed by atoms with Crippen LogP contribution in [-0.2, 0) is 10.0 Å². The number of ether oxygens (including phenoxy) is 1. The molecule has 0 spiro atoms. The fourth-order valence-electron chi connectivity index (χ4n) is 3.94. The summed E-state index contributed by atoms with van der Waals surface area (Å²) in [6, 6.07) is 13.6. The Morgan fingerprint density at radius 2 is 1.48 bits per heavy atom. The third-order valence-corrected chi connectivity index (χ3v) is 7.72. The highest BCUT2D eigenvalue weighted by Crippen LogP contribution is 2.28. The van der Waals surface area contributed by atoms with Crippen LogP contribution in [0.15, 0.2) is 53.4 Å². The minimum atomic E-state index is -3.71. The maximum absolute atomic E-state index is 13.4. The summed E-state index contributed by atoms with van der Waals surface area (Å²) in [7, 11) is -2.08. The van der Waals surface area contributed by atoms with Crippen molar-refractivity contribution >= 4 is 15.7 Å². The molecule has 0 radical (unpaired) electrons. The van der Waals surface area contributed by atoms with Gasteiger partial charge in [0.15, 0.2) is 0 Å². The highest BCUT2D eigenvalue weighted by molar-refractivity contribution is 7.89. The minimum absolute atomic E-state index is 0.217. The van der Waals surface area contributed by atoms with Gasteiger partial charge < -0.3 is 9.64 Å². The van der Waals surface area contributed by atoms with E-state index in [1.54, 1.807) is 37.8 Å². The molecule has 1 aromatic heterocycles. The first-order valence-electron chi connectivity index (χ1n) is 10.0. The molecular formula is C22H25FN4O3S. The molecule has 1 saturated heterocycles. The van der Waals surface area contributed by atoms with E-state index in [0.717, 1.165) is 11.4 Å². The molecule has 0 unspecified atom stereocenters. The summed E-state index contributed by atoms with van der Waals surface area (Å²) < 4.78 is 48.4. The molecule has 2 aromatic carbocycles. The molecule has 31 heavy (non-hydrogen) atoms. The van der Waals surface area contributed by atoms with Crippen molar-refractivity contribution in [2.24, 2.45) is 0 Å². The van der Waals surface area contributed by atoms with Crippen LogP contribution in [0, 0.1) is 19.7 Å². The first-order chi connectivity index (χ1) is 14.8. The van der Waals surface area contributed by atoms with Gasteiger partial charge in [0.1, 0.15) is 16.5 Å². The van der Waals surface area contributed by atoms with Crippen molar-refractivity contribution < 1.29 is 17.5 Å². The van der Waals surface area contributed by atoms with Crippen molar-refractivity contribution in [3.05, 3.63) is 65.7 Å². The molecule has 0 aliphatic carbocycles. The van der Waals surface area contributed by atoms with Crippen LogP contribution in [0.1, 0.15) is 11.4 Å². The first kappa shape index (κ1) is 21.3. The maximum Gasteiger partial charge on any atom is 0.246 e. The Kier molecular flexibility index (Phi) is 5.72. The zero-order valence-electron chi connectivity index (χ0n) is 17.7. The number of benzene rings is 2. The number of aryl methyl sites for hydroxylation is 1. The van der Waals surface area contributed by atoms with Crippen molar-refractivity contribution in [1.82, 2.24) is 14.1 Å². The second-order valence-electron chi connectivity index (χ2n) is 7.48. The molecule has 7 nitrogen and oxygen atoms in total. The summed E-state index contributed by atoms with van der Waals surface area (Å²) in [5.74, 6) is 0.432. The Morgan fingerprint density at radius 1 is 0.903 bits per heavy atom. The van der Waals surface area contributed by atoms with Crippen LogP contribution in [0.5, 0.6) is 5.75 Å². The fraction of sp³-hybridized carbons (Fsp3) is 0.318. The first-order valence-corrected chi connectivity index (χ1v) is 11.5. The van der Waals surface area contributed by atoms with Crippen LogP contribution in [-0.4, -0.2) is 55.8 Å². The second-order valence-corrected chi connectivity index (χ2v) is 9.35. The molecule has 0 bridgehead atoms. The average molecular weight is 445 g/mol. The van der Waals surface area contributed by atoms with E-state index < -0.39 is 10.0 Å². The predicted octanol–water partition coefficient (Wildman–Crippen LogP) is 3.15. The van der Waals surface area contributed by atoms with Gasteiger partial charge in [-0.05, 0) is 62.4 Å². The van der Waals surface area contributed by atoms with Crippen molar-refractivity contribution in [2.45, 2.75) is 18.7 Å². The molecule has 0 N–H and O–H groups in total. The summed E-state index contributed by atoms with van der Waals surface area (Å²) in [6.45, 7) is 5.37. The normalized spacial score (nSPS) is 15.3. The van der Waals surface area contributed by atoms with Gasteiger partial charge in [0.25, 0.3) is 0 Å². The standard InChI is InChI=1S/C22H25FN4O3S/c1-16-22(17(2)27(24-16)20-6-4-18(23)5-7-20)31(28,29)26-14-12-25(13-15-26)19-8-10-21(30-3)11-9-19/h4-11H,12-15H2,1-3H3. The van der Waals surface area contributed by atoms with Crippen LogP contribution in [0.25, 0.3) is 5.69 Å². The largest absolute Gasteiger partial charge is 0.497 e. The van der Waals surface area contributed by atoms with Gasteiger partial charge in [-0.2, -0.15) is 9.40 Å². The zero-order valence-corrected chi connectivity index (χ0v) is 18.6. The van der Waals surface area contributed by atoms with E-state index in [-0.39, 0.29) is 10.7 Å². The predicted molar refractivity (Wildman–Crippen MR) is 117 cm³/mol. The monoisotopic (exact) mass is 444 g/mol. The van der Waals surface area contributed by atoms with Crippen molar-refractivity contribution in [1.29, 1.82) is 0 Å². The highest BCUT2D eigenvalue weighted by Gasteiger charge is 2.33. The van der Waals surface area contributed by atoms with Gasteiger partial charge in [-0.15, -0.1) is 0 Å². The SMILES string of the molecule is COc1ccc(N2CCN(S(=O)(=O)c3c(C)nn(-c4ccc(F)cc4)c3C)CC2)cc1. The lowest BCUT2D eigenvalue weighted by Gasteiger charge is -2.35. The molecule has 1 aliphatic heterocycles. The Labute approximate surface area is 181 Å². The third kappa shape index (κ3) is 4.03. The lowest BCUT2D eigenvalue weighted by molar-refractivity contribution is 0.384. The average Bonchev–Trinajstić information content (AvgIpc) is 3.09. The van der Waals surface area contributed by atoms with Crippen LogP contribution in [0.2, 0.25) is 0 Å². The van der Waals surface area contributed by atoms with Crippen molar-refractivity contribution in [3.63, 3.8) is 0 Å². The smallest absolute Gasteiger partial charge is 0.246 e. The van der Waals surface area contributed by atoms with Gasteiger partial charge in [-0.1, -0.05) is 0 Å². The van der Waals surface area contributed by atoms with E-state index in [9.17, 15) is 12.8 Å². The van der Waals surface area contributed by atoms with Crippen LogP contribution >= 0.6 is 0 Å². The van der Waals surface area contributed by atoms with Crippen molar-refractivity contribution in [3.8, 4) is 11.4 Å². The lowest BCUT2D eigenvalue weighted by Crippen LogP contribution is -2.48. The molecule has 164 valence electrons. The summed E-state index contributed by atoms with van der Waals surface area (Å²) in [6.07, 6.45) is 0. The van der Waals surface area contributed by atoms with Gasteiger partial charge in [-0.3, -0.25) is 0 Å². The molecule has 1 aliphatic rings. The van der Waals surface area contributed by atoms with E-state index in [2.05, 4.69) is 10.00 Å². The van der Waals surface area contributed by atoms with Crippen LogP contribution in [0.4, 0.5) is 10.1 Å². The number of aromatic nitrogens is 2. The summed E-state index contributed by atoms with van der Waals surface area (Å²) in [5.41, 5.74) is 2.60. The molecule has 2 heterocycles. The molecule has 9 heteroatoms. The lowest BCUT2D eigenvalue weighted by atomic mass is 10.2. The number of anilines is 1. The Morgan fingerprint density at radius 3 is 2.06 bits per heavy atom. The third-order valence-electron chi connectivity index (χ3n) is 5.57. The summed E-state index contributed by atoms with van der Waals surface area (Å²) >= 11 is 0. The number of methoxy groups -OCH3 is 1.